The van der Waals surface area contributed by atoms with E-state index >= 15 is 0 Å². The first-order chi connectivity index (χ1) is 10.4. The molecular formula is C13H20Cl2F3N3O3. The molecule has 0 aliphatic carbocycles. The van der Waals surface area contributed by atoms with E-state index in [2.05, 4.69) is 20.4 Å². The van der Waals surface area contributed by atoms with E-state index in [1.54, 1.807) is 13.2 Å². The lowest BCUT2D eigenvalue weighted by molar-refractivity contribution is -0.154. The first-order valence-corrected chi connectivity index (χ1v) is 6.52. The normalized spacial score (nSPS) is 10.3. The number of pyridine rings is 1. The molecule has 1 rings (SSSR count). The second-order valence-corrected chi connectivity index (χ2v) is 4.32. The Labute approximate surface area is 150 Å². The molecule has 0 radical (unpaired) electrons. The van der Waals surface area contributed by atoms with E-state index in [1.807, 2.05) is 0 Å². The molecule has 1 heterocycles. The standard InChI is InChI=1S/C13H18F3N3O3.2ClH/c1-21-6-5-17-8-11(20)19-7-10-3-2-4-18-12(10)22-9-13(14,15)16;;/h2-4,17H,5-9H2,1H3,(H,19,20);2*1H. The highest BCUT2D eigenvalue weighted by Gasteiger charge is 2.29. The number of halogens is 5. The molecule has 0 aliphatic heterocycles. The molecular weight excluding hydrogens is 374 g/mol. The van der Waals surface area contributed by atoms with E-state index in [-0.39, 0.29) is 49.7 Å². The molecule has 140 valence electrons. The fourth-order valence-electron chi connectivity index (χ4n) is 1.47. The Bertz CT molecular complexity index is 479. The zero-order valence-electron chi connectivity index (χ0n) is 12.9. The summed E-state index contributed by atoms with van der Waals surface area (Å²) in [7, 11) is 1.55. The second-order valence-electron chi connectivity index (χ2n) is 4.32. The number of nitrogens with one attached hydrogen (secondary N) is 2. The Morgan fingerprint density at radius 3 is 2.67 bits per heavy atom. The molecule has 0 bridgehead atoms. The number of hydrogen-bond donors (Lipinski definition) is 2. The fourth-order valence-corrected chi connectivity index (χ4v) is 1.47. The highest BCUT2D eigenvalue weighted by atomic mass is 35.5. The molecule has 1 aromatic rings. The van der Waals surface area contributed by atoms with Crippen LogP contribution in [0.25, 0.3) is 0 Å². The van der Waals surface area contributed by atoms with Crippen molar-refractivity contribution in [2.45, 2.75) is 12.7 Å². The Balaban J connectivity index is 0. The Kier molecular flexibility index (Phi) is 13.6. The average molecular weight is 394 g/mol. The van der Waals surface area contributed by atoms with Crippen LogP contribution in [0.1, 0.15) is 5.56 Å². The van der Waals surface area contributed by atoms with Crippen LogP contribution in [-0.2, 0) is 16.1 Å². The van der Waals surface area contributed by atoms with E-state index < -0.39 is 12.8 Å². The summed E-state index contributed by atoms with van der Waals surface area (Å²) in [5.74, 6) is -0.436. The van der Waals surface area contributed by atoms with Crippen LogP contribution >= 0.6 is 24.8 Å². The average Bonchev–Trinajstić information content (AvgIpc) is 2.47. The van der Waals surface area contributed by atoms with E-state index in [4.69, 9.17) is 4.74 Å². The topological polar surface area (TPSA) is 72.5 Å². The molecule has 0 unspecified atom stereocenters. The van der Waals surface area contributed by atoms with Crippen molar-refractivity contribution in [3.05, 3.63) is 23.9 Å². The molecule has 0 aromatic carbocycles. The van der Waals surface area contributed by atoms with Gasteiger partial charge in [-0.05, 0) is 6.07 Å². The Morgan fingerprint density at radius 1 is 1.33 bits per heavy atom. The number of alkyl halides is 3. The van der Waals surface area contributed by atoms with Gasteiger partial charge in [-0.25, -0.2) is 4.98 Å². The number of amides is 1. The maximum Gasteiger partial charge on any atom is 0.422 e. The number of nitrogens with zero attached hydrogens (tertiary/aromatic N) is 1. The molecule has 2 N–H and O–H groups in total. The van der Waals surface area contributed by atoms with Gasteiger partial charge < -0.3 is 20.1 Å². The molecule has 0 saturated heterocycles. The summed E-state index contributed by atoms with van der Waals surface area (Å²) in [5, 5.41) is 5.42. The Morgan fingerprint density at radius 2 is 2.04 bits per heavy atom. The molecule has 0 aliphatic rings. The summed E-state index contributed by atoms with van der Waals surface area (Å²) in [6.07, 6.45) is -3.12. The number of carbonyl (C=O) groups is 1. The van der Waals surface area contributed by atoms with Gasteiger partial charge in [0.25, 0.3) is 0 Å². The lowest BCUT2D eigenvalue weighted by Crippen LogP contribution is -2.35. The van der Waals surface area contributed by atoms with Gasteiger partial charge in [0.1, 0.15) is 0 Å². The molecule has 11 heteroatoms. The molecule has 0 saturated carbocycles. The predicted molar refractivity (Wildman–Crippen MR) is 86.9 cm³/mol. The van der Waals surface area contributed by atoms with E-state index in [0.29, 0.717) is 18.7 Å². The molecule has 1 aromatic heterocycles. The monoisotopic (exact) mass is 393 g/mol. The van der Waals surface area contributed by atoms with Crippen molar-refractivity contribution in [2.24, 2.45) is 0 Å². The van der Waals surface area contributed by atoms with Crippen LogP contribution < -0.4 is 15.4 Å². The lowest BCUT2D eigenvalue weighted by atomic mass is 10.2. The van der Waals surface area contributed by atoms with Gasteiger partial charge >= 0.3 is 6.18 Å². The maximum absolute atomic E-state index is 12.1. The highest BCUT2D eigenvalue weighted by molar-refractivity contribution is 5.85. The smallest absolute Gasteiger partial charge is 0.422 e. The second kappa shape index (κ2) is 13.1. The molecule has 0 atom stereocenters. The van der Waals surface area contributed by atoms with Crippen molar-refractivity contribution in [3.63, 3.8) is 0 Å². The quantitative estimate of drug-likeness (QED) is 0.625. The summed E-state index contributed by atoms with van der Waals surface area (Å²) >= 11 is 0. The van der Waals surface area contributed by atoms with Gasteiger partial charge in [-0.2, -0.15) is 13.2 Å². The minimum Gasteiger partial charge on any atom is -0.468 e. The van der Waals surface area contributed by atoms with Crippen LogP contribution in [0.2, 0.25) is 0 Å². The van der Waals surface area contributed by atoms with Gasteiger partial charge in [0.2, 0.25) is 11.8 Å². The number of rotatable bonds is 9. The molecule has 6 nitrogen and oxygen atoms in total. The van der Waals surface area contributed by atoms with Crippen molar-refractivity contribution in [3.8, 4) is 5.88 Å². The highest BCUT2D eigenvalue weighted by Crippen LogP contribution is 2.19. The predicted octanol–water partition coefficient (Wildman–Crippen LogP) is 1.72. The van der Waals surface area contributed by atoms with Crippen molar-refractivity contribution in [2.75, 3.05) is 33.4 Å². The number of methoxy groups -OCH3 is 1. The van der Waals surface area contributed by atoms with Crippen LogP contribution in [0.15, 0.2) is 18.3 Å². The van der Waals surface area contributed by atoms with Crippen LogP contribution in [-0.4, -0.2) is 50.5 Å². The molecule has 1 amide bonds. The summed E-state index contributed by atoms with van der Waals surface area (Å²) in [6, 6.07) is 3.09. The zero-order chi connectivity index (χ0) is 16.4. The van der Waals surface area contributed by atoms with Gasteiger partial charge in [0, 0.05) is 32.0 Å². The van der Waals surface area contributed by atoms with Gasteiger partial charge in [0.05, 0.1) is 13.2 Å². The van der Waals surface area contributed by atoms with Gasteiger partial charge in [-0.1, -0.05) is 6.07 Å². The van der Waals surface area contributed by atoms with Gasteiger partial charge in [-0.3, -0.25) is 4.79 Å². The van der Waals surface area contributed by atoms with Crippen LogP contribution in [0.4, 0.5) is 13.2 Å². The third kappa shape index (κ3) is 11.3. The van der Waals surface area contributed by atoms with Crippen molar-refractivity contribution in [1.29, 1.82) is 0 Å². The van der Waals surface area contributed by atoms with Crippen LogP contribution in [0, 0.1) is 0 Å². The van der Waals surface area contributed by atoms with Gasteiger partial charge in [0.15, 0.2) is 6.61 Å². The van der Waals surface area contributed by atoms with Crippen molar-refractivity contribution in [1.82, 2.24) is 15.6 Å². The molecule has 24 heavy (non-hydrogen) atoms. The summed E-state index contributed by atoms with van der Waals surface area (Å²) in [5.41, 5.74) is 0.372. The number of carbonyl (C=O) groups excluding carboxylic acids is 1. The minimum absolute atomic E-state index is 0. The Hall–Kier alpha value is -1.29. The summed E-state index contributed by atoms with van der Waals surface area (Å²) < 4.78 is 45.9. The maximum atomic E-state index is 12.1. The fraction of sp³-hybridized carbons (Fsp3) is 0.538. The van der Waals surface area contributed by atoms with E-state index in [9.17, 15) is 18.0 Å². The third-order valence-corrected chi connectivity index (χ3v) is 2.47. The third-order valence-electron chi connectivity index (χ3n) is 2.47. The van der Waals surface area contributed by atoms with Gasteiger partial charge in [-0.15, -0.1) is 24.8 Å². The van der Waals surface area contributed by atoms with E-state index in [0.717, 1.165) is 0 Å². The SMILES string of the molecule is COCCNCC(=O)NCc1cccnc1OCC(F)(F)F.Cl.Cl. The lowest BCUT2D eigenvalue weighted by Gasteiger charge is -2.12. The first kappa shape index (κ1) is 25.0. The molecule has 0 fully saturated rings. The largest absolute Gasteiger partial charge is 0.468 e. The minimum atomic E-state index is -4.44. The summed E-state index contributed by atoms with van der Waals surface area (Å²) in [4.78, 5) is 15.3. The van der Waals surface area contributed by atoms with Crippen LogP contribution in [0.5, 0.6) is 5.88 Å². The number of hydrogen-bond acceptors (Lipinski definition) is 5. The van der Waals surface area contributed by atoms with Crippen molar-refractivity contribution >= 4 is 30.7 Å². The number of aromatic nitrogens is 1. The van der Waals surface area contributed by atoms with Crippen molar-refractivity contribution < 1.29 is 27.4 Å². The number of ether oxygens (including phenoxy) is 2. The summed E-state index contributed by atoms with van der Waals surface area (Å²) in [6.45, 7) is -0.306. The zero-order valence-corrected chi connectivity index (χ0v) is 14.5. The van der Waals surface area contributed by atoms with Crippen LogP contribution in [0.3, 0.4) is 0 Å². The van der Waals surface area contributed by atoms with E-state index in [1.165, 1.54) is 12.3 Å². The first-order valence-electron chi connectivity index (χ1n) is 6.52. The molecule has 0 spiro atoms.